The van der Waals surface area contributed by atoms with E-state index in [1.807, 2.05) is 0 Å². The molecule has 1 aromatic carbocycles. The maximum atomic E-state index is 14.2. The van der Waals surface area contributed by atoms with Gasteiger partial charge in [-0.1, -0.05) is 0 Å². The number of aromatic nitrogens is 1. The number of carbonyl (C=O) groups excluding carboxylic acids is 2. The zero-order chi connectivity index (χ0) is 17.8. The number of aromatic amines is 1. The number of anilines is 2. The lowest BCUT2D eigenvalue weighted by molar-refractivity contribution is 0.101. The zero-order valence-corrected chi connectivity index (χ0v) is 13.9. The first-order valence-electron chi connectivity index (χ1n) is 8.18. The number of benzene rings is 1. The smallest absolute Gasteiger partial charge is 0.272 e. The Morgan fingerprint density at radius 3 is 2.84 bits per heavy atom. The van der Waals surface area contributed by atoms with E-state index < -0.39 is 11.7 Å². The van der Waals surface area contributed by atoms with Gasteiger partial charge in [0.25, 0.3) is 5.91 Å². The molecule has 1 atom stereocenters. The second kappa shape index (κ2) is 7.48. The Labute approximate surface area is 144 Å². The Kier molecular flexibility index (Phi) is 5.14. The van der Waals surface area contributed by atoms with E-state index >= 15 is 0 Å². The van der Waals surface area contributed by atoms with Crippen molar-refractivity contribution in [2.75, 3.05) is 23.8 Å². The van der Waals surface area contributed by atoms with Gasteiger partial charge < -0.3 is 20.4 Å². The van der Waals surface area contributed by atoms with Gasteiger partial charge in [-0.15, -0.1) is 0 Å². The summed E-state index contributed by atoms with van der Waals surface area (Å²) in [5, 5.41) is 5.63. The van der Waals surface area contributed by atoms with E-state index in [4.69, 9.17) is 4.74 Å². The molecule has 1 aromatic heterocycles. The van der Waals surface area contributed by atoms with E-state index in [2.05, 4.69) is 15.6 Å². The van der Waals surface area contributed by atoms with E-state index in [-0.39, 0.29) is 17.6 Å². The lowest BCUT2D eigenvalue weighted by Gasteiger charge is -2.13. The summed E-state index contributed by atoms with van der Waals surface area (Å²) in [6, 6.07) is 5.92. The van der Waals surface area contributed by atoms with Crippen molar-refractivity contribution in [2.45, 2.75) is 25.9 Å². The molecule has 1 saturated heterocycles. The molecule has 6 nitrogen and oxygen atoms in total. The number of ketones is 1. The van der Waals surface area contributed by atoms with Gasteiger partial charge in [-0.05, 0) is 44.0 Å². The van der Waals surface area contributed by atoms with Crippen LogP contribution >= 0.6 is 0 Å². The molecule has 2 aromatic rings. The fraction of sp³-hybridized carbons (Fsp3) is 0.333. The SMILES string of the molecule is CC(=O)c1c[nH]c(C(=O)Nc2ccc(NC[C@H]3CCCO3)c(F)c2)c1. The van der Waals surface area contributed by atoms with E-state index in [0.717, 1.165) is 19.4 Å². The van der Waals surface area contributed by atoms with Crippen molar-refractivity contribution < 1.29 is 18.7 Å². The number of hydrogen-bond donors (Lipinski definition) is 3. The van der Waals surface area contributed by atoms with Crippen LogP contribution < -0.4 is 10.6 Å². The molecule has 1 fully saturated rings. The Bertz CT molecular complexity index is 782. The summed E-state index contributed by atoms with van der Waals surface area (Å²) in [7, 11) is 0. The normalized spacial score (nSPS) is 16.6. The molecule has 0 radical (unpaired) electrons. The van der Waals surface area contributed by atoms with Crippen LogP contribution in [-0.2, 0) is 4.74 Å². The van der Waals surface area contributed by atoms with Gasteiger partial charge in [0.05, 0.1) is 11.8 Å². The topological polar surface area (TPSA) is 83.2 Å². The summed E-state index contributed by atoms with van der Waals surface area (Å²) in [5.74, 6) is -1.03. The van der Waals surface area contributed by atoms with E-state index in [1.54, 1.807) is 12.1 Å². The highest BCUT2D eigenvalue weighted by molar-refractivity contribution is 6.05. The second-order valence-corrected chi connectivity index (χ2v) is 6.02. The minimum atomic E-state index is -0.452. The highest BCUT2D eigenvalue weighted by Gasteiger charge is 2.16. The van der Waals surface area contributed by atoms with Crippen LogP contribution in [0.3, 0.4) is 0 Å². The standard InChI is InChI=1S/C18H20FN3O3/c1-11(23)12-7-17(20-9-12)18(24)22-13-4-5-16(15(19)8-13)21-10-14-3-2-6-25-14/h4-5,7-9,14,20-21H,2-3,6,10H2,1H3,(H,22,24)/t14-/m1/s1. The monoisotopic (exact) mass is 345 g/mol. The maximum Gasteiger partial charge on any atom is 0.272 e. The number of ether oxygens (including phenoxy) is 1. The predicted octanol–water partition coefficient (Wildman–Crippen LogP) is 3.20. The molecule has 132 valence electrons. The number of rotatable bonds is 6. The highest BCUT2D eigenvalue weighted by Crippen LogP contribution is 2.21. The number of Topliss-reactive ketones (excluding diaryl/α,β-unsaturated/α-hetero) is 1. The third-order valence-corrected chi connectivity index (χ3v) is 4.11. The van der Waals surface area contributed by atoms with Crippen molar-refractivity contribution in [1.29, 1.82) is 0 Å². The third kappa shape index (κ3) is 4.24. The van der Waals surface area contributed by atoms with Crippen molar-refractivity contribution in [3.63, 3.8) is 0 Å². The average molecular weight is 345 g/mol. The molecule has 0 spiro atoms. The van der Waals surface area contributed by atoms with Crippen LogP contribution in [0.1, 0.15) is 40.6 Å². The fourth-order valence-corrected chi connectivity index (χ4v) is 2.69. The molecule has 0 bridgehead atoms. The van der Waals surface area contributed by atoms with Gasteiger partial charge in [-0.2, -0.15) is 0 Å². The summed E-state index contributed by atoms with van der Waals surface area (Å²) in [4.78, 5) is 26.1. The van der Waals surface area contributed by atoms with Crippen molar-refractivity contribution in [2.24, 2.45) is 0 Å². The van der Waals surface area contributed by atoms with E-state index in [0.29, 0.717) is 23.5 Å². The summed E-state index contributed by atoms with van der Waals surface area (Å²) in [6.07, 6.45) is 3.59. The first-order valence-corrected chi connectivity index (χ1v) is 8.18. The number of hydrogen-bond acceptors (Lipinski definition) is 4. The van der Waals surface area contributed by atoms with Crippen LogP contribution in [0.25, 0.3) is 0 Å². The largest absolute Gasteiger partial charge is 0.380 e. The summed E-state index contributed by atoms with van der Waals surface area (Å²) in [5.41, 5.74) is 1.37. The lowest BCUT2D eigenvalue weighted by Crippen LogP contribution is -2.19. The maximum absolute atomic E-state index is 14.2. The molecule has 0 aliphatic carbocycles. The first-order chi connectivity index (χ1) is 12.0. The van der Waals surface area contributed by atoms with Crippen molar-refractivity contribution in [3.8, 4) is 0 Å². The molecule has 1 amide bonds. The number of H-pyrrole nitrogens is 1. The highest BCUT2D eigenvalue weighted by atomic mass is 19.1. The molecule has 2 heterocycles. The van der Waals surface area contributed by atoms with Crippen molar-refractivity contribution >= 4 is 23.1 Å². The van der Waals surface area contributed by atoms with Crippen LogP contribution in [0, 0.1) is 5.82 Å². The van der Waals surface area contributed by atoms with Gasteiger partial charge in [-0.3, -0.25) is 9.59 Å². The van der Waals surface area contributed by atoms with Crippen molar-refractivity contribution in [1.82, 2.24) is 4.98 Å². The molecule has 3 rings (SSSR count). The van der Waals surface area contributed by atoms with Gasteiger partial charge in [0.15, 0.2) is 5.78 Å². The van der Waals surface area contributed by atoms with Gasteiger partial charge in [0.1, 0.15) is 11.5 Å². The third-order valence-electron chi connectivity index (χ3n) is 4.11. The Balaban J connectivity index is 1.61. The van der Waals surface area contributed by atoms with Crippen LogP contribution in [0.2, 0.25) is 0 Å². The number of carbonyl (C=O) groups is 2. The predicted molar refractivity (Wildman–Crippen MR) is 92.6 cm³/mol. The van der Waals surface area contributed by atoms with Crippen LogP contribution in [0.15, 0.2) is 30.5 Å². The van der Waals surface area contributed by atoms with Crippen LogP contribution in [0.5, 0.6) is 0 Å². The number of halogens is 1. The summed E-state index contributed by atoms with van der Waals surface area (Å²) >= 11 is 0. The quantitative estimate of drug-likeness (QED) is 0.702. The molecule has 1 aliphatic heterocycles. The number of amides is 1. The minimum Gasteiger partial charge on any atom is -0.380 e. The zero-order valence-electron chi connectivity index (χ0n) is 13.9. The van der Waals surface area contributed by atoms with Crippen LogP contribution in [0.4, 0.5) is 15.8 Å². The van der Waals surface area contributed by atoms with Gasteiger partial charge in [-0.25, -0.2) is 4.39 Å². The molecular weight excluding hydrogens is 325 g/mol. The van der Waals surface area contributed by atoms with E-state index in [1.165, 1.54) is 25.3 Å². The molecular formula is C18H20FN3O3. The Hall–Kier alpha value is -2.67. The summed E-state index contributed by atoms with van der Waals surface area (Å²) in [6.45, 7) is 2.73. The molecule has 25 heavy (non-hydrogen) atoms. The molecule has 3 N–H and O–H groups in total. The molecule has 1 aliphatic rings. The Morgan fingerprint density at radius 2 is 2.20 bits per heavy atom. The van der Waals surface area contributed by atoms with E-state index in [9.17, 15) is 14.0 Å². The first kappa shape index (κ1) is 17.2. The average Bonchev–Trinajstić information content (AvgIpc) is 3.26. The molecule has 0 saturated carbocycles. The summed E-state index contributed by atoms with van der Waals surface area (Å²) < 4.78 is 19.7. The van der Waals surface area contributed by atoms with Gasteiger partial charge in [0, 0.05) is 30.6 Å². The number of nitrogens with one attached hydrogen (secondary N) is 3. The lowest BCUT2D eigenvalue weighted by atomic mass is 10.2. The molecule has 7 heteroatoms. The fourth-order valence-electron chi connectivity index (χ4n) is 2.69. The minimum absolute atomic E-state index is 0.113. The molecule has 0 unspecified atom stereocenters. The van der Waals surface area contributed by atoms with Crippen molar-refractivity contribution in [3.05, 3.63) is 47.5 Å². The van der Waals surface area contributed by atoms with Gasteiger partial charge >= 0.3 is 0 Å². The Morgan fingerprint density at radius 1 is 1.36 bits per heavy atom. The van der Waals surface area contributed by atoms with Gasteiger partial charge in [0.2, 0.25) is 0 Å². The van der Waals surface area contributed by atoms with Crippen LogP contribution in [-0.4, -0.2) is 35.9 Å². The second-order valence-electron chi connectivity index (χ2n) is 6.02.